The third kappa shape index (κ3) is 2.02. The Hall–Kier alpha value is -0.890. The van der Waals surface area contributed by atoms with Crippen LogP contribution < -0.4 is 0 Å². The average molecular weight is 152 g/mol. The molecule has 2 heteroatoms. The minimum atomic E-state index is -0.226. The molecule has 2 atom stereocenters. The zero-order valence-corrected chi connectivity index (χ0v) is 6.31. The number of allylic oxidation sites excluding steroid dienone is 4. The molecular formula is C9H12O2. The molecule has 0 spiro atoms. The second-order valence-electron chi connectivity index (χ2n) is 2.70. The van der Waals surface area contributed by atoms with Crippen molar-refractivity contribution in [2.45, 2.75) is 6.42 Å². The van der Waals surface area contributed by atoms with E-state index in [-0.39, 0.29) is 18.4 Å². The molecular weight excluding hydrogens is 140 g/mol. The van der Waals surface area contributed by atoms with Crippen LogP contribution in [0.4, 0.5) is 0 Å². The van der Waals surface area contributed by atoms with Gasteiger partial charge in [-0.1, -0.05) is 24.3 Å². The van der Waals surface area contributed by atoms with Crippen molar-refractivity contribution in [2.24, 2.45) is 11.8 Å². The van der Waals surface area contributed by atoms with E-state index in [0.29, 0.717) is 0 Å². The molecule has 0 saturated heterocycles. The van der Waals surface area contributed by atoms with Crippen molar-refractivity contribution in [3.05, 3.63) is 24.3 Å². The molecule has 2 nitrogen and oxygen atoms in total. The molecule has 0 aromatic rings. The van der Waals surface area contributed by atoms with Crippen molar-refractivity contribution < 1.29 is 9.90 Å². The van der Waals surface area contributed by atoms with Gasteiger partial charge in [0.25, 0.3) is 0 Å². The van der Waals surface area contributed by atoms with Gasteiger partial charge in [0, 0.05) is 5.92 Å². The Morgan fingerprint density at radius 1 is 1.64 bits per heavy atom. The molecule has 0 aromatic carbocycles. The smallest absolute Gasteiger partial charge is 0.125 e. The number of carbonyl (C=O) groups is 1. The van der Waals surface area contributed by atoms with Crippen molar-refractivity contribution in [2.75, 3.05) is 6.61 Å². The van der Waals surface area contributed by atoms with Gasteiger partial charge in [-0.2, -0.15) is 0 Å². The molecule has 0 radical (unpaired) electrons. The number of aliphatic hydroxyl groups excluding tert-OH is 1. The Morgan fingerprint density at radius 2 is 2.45 bits per heavy atom. The van der Waals surface area contributed by atoms with Gasteiger partial charge in [-0.15, -0.1) is 0 Å². The maximum atomic E-state index is 10.4. The molecule has 1 aliphatic carbocycles. The molecule has 0 saturated carbocycles. The molecule has 0 heterocycles. The lowest BCUT2D eigenvalue weighted by molar-refractivity contribution is -0.113. The summed E-state index contributed by atoms with van der Waals surface area (Å²) in [4.78, 5) is 10.4. The second-order valence-corrected chi connectivity index (χ2v) is 2.70. The highest BCUT2D eigenvalue weighted by Gasteiger charge is 2.16. The van der Waals surface area contributed by atoms with Crippen LogP contribution in [0.1, 0.15) is 6.42 Å². The monoisotopic (exact) mass is 152 g/mol. The summed E-state index contributed by atoms with van der Waals surface area (Å²) in [5, 5.41) is 8.79. The van der Waals surface area contributed by atoms with Crippen LogP contribution in [0.2, 0.25) is 0 Å². The predicted octanol–water partition coefficient (Wildman–Crippen LogP) is 0.926. The summed E-state index contributed by atoms with van der Waals surface area (Å²) in [5.41, 5.74) is 0. The minimum absolute atomic E-state index is 0.0493. The third-order valence-corrected chi connectivity index (χ3v) is 1.95. The summed E-state index contributed by atoms with van der Waals surface area (Å²) >= 11 is 0. The summed E-state index contributed by atoms with van der Waals surface area (Å²) in [6.07, 6.45) is 9.54. The van der Waals surface area contributed by atoms with E-state index in [4.69, 9.17) is 5.11 Å². The van der Waals surface area contributed by atoms with Gasteiger partial charge in [0.15, 0.2) is 0 Å². The van der Waals surface area contributed by atoms with Crippen LogP contribution in [-0.4, -0.2) is 18.0 Å². The van der Waals surface area contributed by atoms with Crippen molar-refractivity contribution in [1.82, 2.24) is 0 Å². The van der Waals surface area contributed by atoms with Crippen LogP contribution in [0, 0.1) is 11.8 Å². The highest BCUT2D eigenvalue weighted by atomic mass is 16.3. The Morgan fingerprint density at radius 3 is 2.91 bits per heavy atom. The number of aliphatic hydroxyl groups is 1. The molecule has 0 bridgehead atoms. The molecule has 2 unspecified atom stereocenters. The first kappa shape index (κ1) is 8.21. The SMILES string of the molecule is O=CC(CO)C1C=CC=CC1. The van der Waals surface area contributed by atoms with E-state index in [0.717, 1.165) is 12.7 Å². The van der Waals surface area contributed by atoms with Crippen molar-refractivity contribution >= 4 is 6.29 Å². The van der Waals surface area contributed by atoms with Crippen LogP contribution >= 0.6 is 0 Å². The summed E-state index contributed by atoms with van der Waals surface area (Å²) in [6.45, 7) is -0.0493. The summed E-state index contributed by atoms with van der Waals surface area (Å²) in [6, 6.07) is 0. The van der Waals surface area contributed by atoms with E-state index in [1.807, 2.05) is 24.3 Å². The lowest BCUT2D eigenvalue weighted by Gasteiger charge is -2.17. The Kier molecular flexibility index (Phi) is 3.05. The van der Waals surface area contributed by atoms with Crippen molar-refractivity contribution in [1.29, 1.82) is 0 Å². The van der Waals surface area contributed by atoms with E-state index in [9.17, 15) is 4.79 Å². The van der Waals surface area contributed by atoms with Crippen LogP contribution in [0.25, 0.3) is 0 Å². The molecule has 1 aliphatic rings. The highest BCUT2D eigenvalue weighted by molar-refractivity contribution is 5.55. The van der Waals surface area contributed by atoms with Gasteiger partial charge in [0.1, 0.15) is 6.29 Å². The number of aldehydes is 1. The zero-order chi connectivity index (χ0) is 8.10. The van der Waals surface area contributed by atoms with E-state index in [1.54, 1.807) is 0 Å². The fraction of sp³-hybridized carbons (Fsp3) is 0.444. The van der Waals surface area contributed by atoms with Gasteiger partial charge < -0.3 is 9.90 Å². The van der Waals surface area contributed by atoms with Gasteiger partial charge in [0.2, 0.25) is 0 Å². The zero-order valence-electron chi connectivity index (χ0n) is 6.31. The van der Waals surface area contributed by atoms with Gasteiger partial charge in [-0.25, -0.2) is 0 Å². The maximum absolute atomic E-state index is 10.4. The molecule has 0 amide bonds. The Bertz CT molecular complexity index is 182. The van der Waals surface area contributed by atoms with Gasteiger partial charge in [0.05, 0.1) is 6.61 Å². The molecule has 0 aromatic heterocycles. The molecule has 60 valence electrons. The van der Waals surface area contributed by atoms with Crippen LogP contribution in [0.3, 0.4) is 0 Å². The largest absolute Gasteiger partial charge is 0.396 e. The number of carbonyl (C=O) groups excluding carboxylic acids is 1. The fourth-order valence-corrected chi connectivity index (χ4v) is 1.20. The summed E-state index contributed by atoms with van der Waals surface area (Å²) < 4.78 is 0. The average Bonchev–Trinajstić information content (AvgIpc) is 2.09. The number of hydrogen-bond donors (Lipinski definition) is 1. The van der Waals surface area contributed by atoms with Gasteiger partial charge >= 0.3 is 0 Å². The Balaban J connectivity index is 2.52. The van der Waals surface area contributed by atoms with Gasteiger partial charge in [-0.05, 0) is 12.3 Å². The number of rotatable bonds is 3. The lowest BCUT2D eigenvalue weighted by atomic mass is 9.89. The van der Waals surface area contributed by atoms with Gasteiger partial charge in [-0.3, -0.25) is 0 Å². The fourth-order valence-electron chi connectivity index (χ4n) is 1.20. The first-order chi connectivity index (χ1) is 5.38. The molecule has 11 heavy (non-hydrogen) atoms. The maximum Gasteiger partial charge on any atom is 0.125 e. The van der Waals surface area contributed by atoms with Crippen LogP contribution in [0.5, 0.6) is 0 Å². The van der Waals surface area contributed by atoms with Crippen molar-refractivity contribution in [3.8, 4) is 0 Å². The molecule has 0 fully saturated rings. The normalized spacial score (nSPS) is 25.0. The highest BCUT2D eigenvalue weighted by Crippen LogP contribution is 2.19. The first-order valence-corrected chi connectivity index (χ1v) is 3.78. The summed E-state index contributed by atoms with van der Waals surface area (Å²) in [5.74, 6) is -0.0290. The van der Waals surface area contributed by atoms with E-state index < -0.39 is 0 Å². The van der Waals surface area contributed by atoms with E-state index in [1.165, 1.54) is 0 Å². The van der Waals surface area contributed by atoms with Crippen molar-refractivity contribution in [3.63, 3.8) is 0 Å². The van der Waals surface area contributed by atoms with E-state index in [2.05, 4.69) is 0 Å². The third-order valence-electron chi connectivity index (χ3n) is 1.95. The lowest BCUT2D eigenvalue weighted by Crippen LogP contribution is -2.18. The minimum Gasteiger partial charge on any atom is -0.396 e. The second kappa shape index (κ2) is 4.09. The standard InChI is InChI=1S/C9H12O2/c10-6-9(7-11)8-4-2-1-3-5-8/h1-4,6,8-9,11H,5,7H2. The quantitative estimate of drug-likeness (QED) is 0.611. The first-order valence-electron chi connectivity index (χ1n) is 3.78. The van der Waals surface area contributed by atoms with Crippen LogP contribution in [-0.2, 0) is 4.79 Å². The molecule has 1 rings (SSSR count). The molecule has 1 N–H and O–H groups in total. The number of hydrogen-bond acceptors (Lipinski definition) is 2. The Labute approximate surface area is 66.2 Å². The molecule has 0 aliphatic heterocycles. The van der Waals surface area contributed by atoms with E-state index >= 15 is 0 Å². The summed E-state index contributed by atoms with van der Waals surface area (Å²) in [7, 11) is 0. The topological polar surface area (TPSA) is 37.3 Å². The van der Waals surface area contributed by atoms with Crippen LogP contribution in [0.15, 0.2) is 24.3 Å². The predicted molar refractivity (Wildman–Crippen MR) is 43.0 cm³/mol.